The van der Waals surface area contributed by atoms with Crippen molar-refractivity contribution in [3.05, 3.63) is 58.9 Å². The number of hydrogen-bond acceptors (Lipinski definition) is 2. The highest BCUT2D eigenvalue weighted by atomic mass is 35.5. The lowest BCUT2D eigenvalue weighted by atomic mass is 10.1. The number of benzene rings is 2. The van der Waals surface area contributed by atoms with Gasteiger partial charge in [-0.3, -0.25) is 0 Å². The number of aromatic carboxylic acids is 1. The first-order valence-corrected chi connectivity index (χ1v) is 6.47. The van der Waals surface area contributed by atoms with E-state index in [1.54, 1.807) is 29.2 Å². The Balaban J connectivity index is 2.55. The Kier molecular flexibility index (Phi) is 4.25. The highest BCUT2D eigenvalue weighted by Crippen LogP contribution is 2.32. The third-order valence-corrected chi connectivity index (χ3v) is 3.27. The van der Waals surface area contributed by atoms with Crippen LogP contribution in [0.3, 0.4) is 0 Å². The molecule has 104 valence electrons. The number of anilines is 2. The zero-order valence-electron chi connectivity index (χ0n) is 10.8. The number of carbonyl (C=O) groups is 1. The van der Waals surface area contributed by atoms with E-state index < -0.39 is 5.97 Å². The highest BCUT2D eigenvalue weighted by molar-refractivity contribution is 6.34. The van der Waals surface area contributed by atoms with E-state index in [1.165, 1.54) is 18.2 Å². The SMILES string of the molecule is CCN(c1ccc(F)cc1)c1cccc(Cl)c1C(=O)O. The maximum Gasteiger partial charge on any atom is 0.339 e. The molecule has 0 aliphatic carbocycles. The highest BCUT2D eigenvalue weighted by Gasteiger charge is 2.19. The third-order valence-electron chi connectivity index (χ3n) is 2.95. The molecule has 0 aliphatic rings. The lowest BCUT2D eigenvalue weighted by molar-refractivity contribution is 0.0698. The number of carboxylic acid groups (broad SMARTS) is 1. The second-order valence-corrected chi connectivity index (χ2v) is 4.57. The van der Waals surface area contributed by atoms with E-state index in [9.17, 15) is 14.3 Å². The molecule has 20 heavy (non-hydrogen) atoms. The van der Waals surface area contributed by atoms with Crippen molar-refractivity contribution in [3.63, 3.8) is 0 Å². The molecule has 0 radical (unpaired) electrons. The van der Waals surface area contributed by atoms with Gasteiger partial charge in [-0.2, -0.15) is 0 Å². The van der Waals surface area contributed by atoms with E-state index >= 15 is 0 Å². The predicted molar refractivity (Wildman–Crippen MR) is 77.5 cm³/mol. The van der Waals surface area contributed by atoms with E-state index in [0.29, 0.717) is 17.9 Å². The van der Waals surface area contributed by atoms with Crippen LogP contribution in [0.4, 0.5) is 15.8 Å². The molecule has 0 fully saturated rings. The van der Waals surface area contributed by atoms with Gasteiger partial charge in [0.25, 0.3) is 0 Å². The Bertz CT molecular complexity index is 628. The van der Waals surface area contributed by atoms with Crippen molar-refractivity contribution in [1.82, 2.24) is 0 Å². The van der Waals surface area contributed by atoms with Crippen molar-refractivity contribution < 1.29 is 14.3 Å². The van der Waals surface area contributed by atoms with Crippen molar-refractivity contribution >= 4 is 28.9 Å². The monoisotopic (exact) mass is 293 g/mol. The molecule has 5 heteroatoms. The molecule has 0 saturated carbocycles. The summed E-state index contributed by atoms with van der Waals surface area (Å²) in [6.07, 6.45) is 0. The topological polar surface area (TPSA) is 40.5 Å². The van der Waals surface area contributed by atoms with Gasteiger partial charge in [-0.15, -0.1) is 0 Å². The molecule has 2 aromatic rings. The summed E-state index contributed by atoms with van der Waals surface area (Å²) in [7, 11) is 0. The summed E-state index contributed by atoms with van der Waals surface area (Å²) in [6.45, 7) is 2.42. The van der Waals surface area contributed by atoms with Crippen LogP contribution in [-0.4, -0.2) is 17.6 Å². The predicted octanol–water partition coefficient (Wildman–Crippen LogP) is 4.34. The van der Waals surface area contributed by atoms with Crippen LogP contribution < -0.4 is 4.90 Å². The molecule has 0 aromatic heterocycles. The first kappa shape index (κ1) is 14.3. The minimum Gasteiger partial charge on any atom is -0.478 e. The van der Waals surface area contributed by atoms with E-state index in [4.69, 9.17) is 11.6 Å². The molecule has 2 aromatic carbocycles. The van der Waals surface area contributed by atoms with Crippen molar-refractivity contribution in [1.29, 1.82) is 0 Å². The zero-order valence-corrected chi connectivity index (χ0v) is 11.6. The summed E-state index contributed by atoms with van der Waals surface area (Å²) in [5.74, 6) is -1.43. The van der Waals surface area contributed by atoms with Gasteiger partial charge in [0.15, 0.2) is 0 Å². The molecule has 0 atom stereocenters. The molecule has 0 spiro atoms. The van der Waals surface area contributed by atoms with Gasteiger partial charge >= 0.3 is 5.97 Å². The molecule has 3 nitrogen and oxygen atoms in total. The van der Waals surface area contributed by atoms with Crippen LogP contribution in [0.2, 0.25) is 5.02 Å². The van der Waals surface area contributed by atoms with Gasteiger partial charge in [0.05, 0.1) is 10.7 Å². The number of hydrogen-bond donors (Lipinski definition) is 1. The molecule has 0 aliphatic heterocycles. The van der Waals surface area contributed by atoms with Crippen LogP contribution in [-0.2, 0) is 0 Å². The van der Waals surface area contributed by atoms with Gasteiger partial charge in [0.2, 0.25) is 0 Å². The molecule has 0 heterocycles. The maximum absolute atomic E-state index is 13.0. The number of rotatable bonds is 4. The van der Waals surface area contributed by atoms with E-state index in [0.717, 1.165) is 0 Å². The summed E-state index contributed by atoms with van der Waals surface area (Å²) in [6, 6.07) is 10.8. The molecule has 1 N–H and O–H groups in total. The van der Waals surface area contributed by atoms with E-state index in [2.05, 4.69) is 0 Å². The average molecular weight is 294 g/mol. The second-order valence-electron chi connectivity index (χ2n) is 4.16. The summed E-state index contributed by atoms with van der Waals surface area (Å²) in [4.78, 5) is 13.1. The summed E-state index contributed by atoms with van der Waals surface area (Å²) in [5.41, 5.74) is 1.23. The van der Waals surface area contributed by atoms with Crippen LogP contribution in [0.5, 0.6) is 0 Å². The molecular weight excluding hydrogens is 281 g/mol. The fourth-order valence-electron chi connectivity index (χ4n) is 2.06. The molecule has 0 unspecified atom stereocenters. The third kappa shape index (κ3) is 2.75. The van der Waals surface area contributed by atoms with Gasteiger partial charge in [-0.25, -0.2) is 9.18 Å². The minimum absolute atomic E-state index is 0.0420. The van der Waals surface area contributed by atoms with E-state index in [-0.39, 0.29) is 16.4 Å². The molecule has 0 amide bonds. The largest absolute Gasteiger partial charge is 0.478 e. The Morgan fingerprint density at radius 1 is 1.25 bits per heavy atom. The lowest BCUT2D eigenvalue weighted by Gasteiger charge is -2.25. The van der Waals surface area contributed by atoms with Crippen LogP contribution in [0, 0.1) is 5.82 Å². The summed E-state index contributed by atoms with van der Waals surface area (Å²) < 4.78 is 13.0. The molecule has 0 saturated heterocycles. The van der Waals surface area contributed by atoms with Gasteiger partial charge < -0.3 is 10.0 Å². The standard InChI is InChI=1S/C15H13ClFNO2/c1-2-18(11-8-6-10(17)7-9-11)13-5-3-4-12(16)14(13)15(19)20/h3-9H,2H2,1H3,(H,19,20). The lowest BCUT2D eigenvalue weighted by Crippen LogP contribution is -2.19. The van der Waals surface area contributed by atoms with Crippen LogP contribution >= 0.6 is 11.6 Å². The summed E-state index contributed by atoms with van der Waals surface area (Å²) >= 11 is 5.97. The Hall–Kier alpha value is -2.07. The quantitative estimate of drug-likeness (QED) is 0.912. The number of halogens is 2. The minimum atomic E-state index is -1.09. The maximum atomic E-state index is 13.0. The summed E-state index contributed by atoms with van der Waals surface area (Å²) in [5, 5.41) is 9.49. The zero-order chi connectivity index (χ0) is 14.7. The van der Waals surface area contributed by atoms with Gasteiger partial charge in [0.1, 0.15) is 11.4 Å². The number of nitrogens with zero attached hydrogens (tertiary/aromatic N) is 1. The second kappa shape index (κ2) is 5.92. The first-order chi connectivity index (χ1) is 9.54. The molecule has 2 rings (SSSR count). The van der Waals surface area contributed by atoms with Crippen LogP contribution in [0.15, 0.2) is 42.5 Å². The normalized spacial score (nSPS) is 10.3. The van der Waals surface area contributed by atoms with E-state index in [1.807, 2.05) is 6.92 Å². The van der Waals surface area contributed by atoms with Crippen LogP contribution in [0.25, 0.3) is 0 Å². The Morgan fingerprint density at radius 2 is 1.90 bits per heavy atom. The van der Waals surface area contributed by atoms with Crippen molar-refractivity contribution in [2.75, 3.05) is 11.4 Å². The Labute approximate surface area is 121 Å². The van der Waals surface area contributed by atoms with Gasteiger partial charge in [-0.05, 0) is 43.3 Å². The first-order valence-electron chi connectivity index (χ1n) is 6.09. The molecular formula is C15H13ClFNO2. The average Bonchev–Trinajstić information content (AvgIpc) is 2.41. The smallest absolute Gasteiger partial charge is 0.339 e. The van der Waals surface area contributed by atoms with Crippen molar-refractivity contribution in [2.45, 2.75) is 6.92 Å². The number of carboxylic acids is 1. The van der Waals surface area contributed by atoms with Crippen molar-refractivity contribution in [2.24, 2.45) is 0 Å². The fraction of sp³-hybridized carbons (Fsp3) is 0.133. The fourth-order valence-corrected chi connectivity index (χ4v) is 2.31. The van der Waals surface area contributed by atoms with Crippen molar-refractivity contribution in [3.8, 4) is 0 Å². The van der Waals surface area contributed by atoms with Gasteiger partial charge in [0, 0.05) is 12.2 Å². The van der Waals surface area contributed by atoms with Gasteiger partial charge in [-0.1, -0.05) is 17.7 Å². The molecule has 0 bridgehead atoms. The van der Waals surface area contributed by atoms with Crippen LogP contribution in [0.1, 0.15) is 17.3 Å². The Morgan fingerprint density at radius 3 is 2.45 bits per heavy atom.